The standard InChI is InChI=1S/C12H15BrN2O/c1-8-2-3-11(13)10(6-8)12(16)15-9-4-5-14-7-9/h2-3,6,9,14H,4-5,7H2,1H3,(H,15,16)/t9-/m0/s1. The van der Waals surface area contributed by atoms with Gasteiger partial charge < -0.3 is 10.6 Å². The molecule has 1 amide bonds. The second-order valence-electron chi connectivity index (χ2n) is 4.15. The molecule has 0 aromatic heterocycles. The lowest BCUT2D eigenvalue weighted by Gasteiger charge is -2.12. The fourth-order valence-corrected chi connectivity index (χ4v) is 2.28. The average Bonchev–Trinajstić information content (AvgIpc) is 2.74. The first-order chi connectivity index (χ1) is 7.66. The number of carbonyl (C=O) groups is 1. The molecular weight excluding hydrogens is 268 g/mol. The highest BCUT2D eigenvalue weighted by Crippen LogP contribution is 2.18. The Labute approximate surface area is 104 Å². The van der Waals surface area contributed by atoms with E-state index in [1.54, 1.807) is 0 Å². The van der Waals surface area contributed by atoms with Crippen LogP contribution in [0.4, 0.5) is 0 Å². The van der Waals surface area contributed by atoms with Crippen molar-refractivity contribution in [1.29, 1.82) is 0 Å². The van der Waals surface area contributed by atoms with Gasteiger partial charge in [0.25, 0.3) is 5.91 Å². The molecule has 1 aromatic rings. The van der Waals surface area contributed by atoms with E-state index < -0.39 is 0 Å². The highest BCUT2D eigenvalue weighted by atomic mass is 79.9. The number of aryl methyl sites for hydroxylation is 1. The van der Waals surface area contributed by atoms with Crippen LogP contribution >= 0.6 is 15.9 Å². The van der Waals surface area contributed by atoms with E-state index >= 15 is 0 Å². The van der Waals surface area contributed by atoms with Crippen molar-refractivity contribution in [2.45, 2.75) is 19.4 Å². The Kier molecular flexibility index (Phi) is 3.61. The number of nitrogens with one attached hydrogen (secondary N) is 2. The van der Waals surface area contributed by atoms with Crippen molar-refractivity contribution in [2.24, 2.45) is 0 Å². The van der Waals surface area contributed by atoms with Crippen molar-refractivity contribution in [3.05, 3.63) is 33.8 Å². The van der Waals surface area contributed by atoms with E-state index in [4.69, 9.17) is 0 Å². The van der Waals surface area contributed by atoms with Gasteiger partial charge in [0, 0.05) is 17.1 Å². The number of hydrogen-bond donors (Lipinski definition) is 2. The largest absolute Gasteiger partial charge is 0.348 e. The Balaban J connectivity index is 2.10. The van der Waals surface area contributed by atoms with Crippen molar-refractivity contribution >= 4 is 21.8 Å². The number of hydrogen-bond acceptors (Lipinski definition) is 2. The van der Waals surface area contributed by atoms with Gasteiger partial charge in [0.2, 0.25) is 0 Å². The molecule has 4 heteroatoms. The van der Waals surface area contributed by atoms with Crippen LogP contribution in [0.25, 0.3) is 0 Å². The molecule has 1 saturated heterocycles. The van der Waals surface area contributed by atoms with Crippen LogP contribution in [-0.2, 0) is 0 Å². The molecule has 0 aliphatic carbocycles. The maximum absolute atomic E-state index is 12.0. The molecular formula is C12H15BrN2O. The first-order valence-electron chi connectivity index (χ1n) is 5.44. The molecule has 1 heterocycles. The van der Waals surface area contributed by atoms with Gasteiger partial charge in [-0.15, -0.1) is 0 Å². The lowest BCUT2D eigenvalue weighted by molar-refractivity contribution is 0.0939. The Hall–Kier alpha value is -0.870. The van der Waals surface area contributed by atoms with Gasteiger partial charge in [0.15, 0.2) is 0 Å². The summed E-state index contributed by atoms with van der Waals surface area (Å²) in [6.07, 6.45) is 1.01. The van der Waals surface area contributed by atoms with Gasteiger partial charge in [-0.2, -0.15) is 0 Å². The molecule has 1 aliphatic heterocycles. The van der Waals surface area contributed by atoms with Gasteiger partial charge in [-0.3, -0.25) is 4.79 Å². The van der Waals surface area contributed by atoms with Crippen LogP contribution in [0.5, 0.6) is 0 Å². The number of carbonyl (C=O) groups excluding carboxylic acids is 1. The highest BCUT2D eigenvalue weighted by molar-refractivity contribution is 9.10. The minimum Gasteiger partial charge on any atom is -0.348 e. The van der Waals surface area contributed by atoms with Crippen molar-refractivity contribution in [1.82, 2.24) is 10.6 Å². The molecule has 2 rings (SSSR count). The molecule has 86 valence electrons. The number of amides is 1. The van der Waals surface area contributed by atoms with Gasteiger partial charge in [0.05, 0.1) is 5.56 Å². The second-order valence-corrected chi connectivity index (χ2v) is 5.00. The summed E-state index contributed by atoms with van der Waals surface area (Å²) < 4.78 is 0.849. The van der Waals surface area contributed by atoms with Gasteiger partial charge >= 0.3 is 0 Å². The molecule has 16 heavy (non-hydrogen) atoms. The summed E-state index contributed by atoms with van der Waals surface area (Å²) in [5.41, 5.74) is 1.81. The zero-order valence-electron chi connectivity index (χ0n) is 9.22. The molecule has 0 bridgehead atoms. The topological polar surface area (TPSA) is 41.1 Å². The van der Waals surface area contributed by atoms with E-state index in [-0.39, 0.29) is 11.9 Å². The first kappa shape index (κ1) is 11.6. The third kappa shape index (κ3) is 2.62. The molecule has 1 aromatic carbocycles. The van der Waals surface area contributed by atoms with Crippen LogP contribution in [-0.4, -0.2) is 25.0 Å². The highest BCUT2D eigenvalue weighted by Gasteiger charge is 2.18. The molecule has 2 N–H and O–H groups in total. The summed E-state index contributed by atoms with van der Waals surface area (Å²) in [7, 11) is 0. The van der Waals surface area contributed by atoms with Gasteiger partial charge in [0.1, 0.15) is 0 Å². The lowest BCUT2D eigenvalue weighted by Crippen LogP contribution is -2.36. The van der Waals surface area contributed by atoms with Crippen molar-refractivity contribution in [2.75, 3.05) is 13.1 Å². The van der Waals surface area contributed by atoms with E-state index in [2.05, 4.69) is 26.6 Å². The number of rotatable bonds is 2. The Bertz CT molecular complexity index is 400. The maximum Gasteiger partial charge on any atom is 0.252 e. The fraction of sp³-hybridized carbons (Fsp3) is 0.417. The quantitative estimate of drug-likeness (QED) is 0.869. The summed E-state index contributed by atoms with van der Waals surface area (Å²) in [6.45, 7) is 3.84. The van der Waals surface area contributed by atoms with Gasteiger partial charge in [-0.05, 0) is 48.0 Å². The third-order valence-corrected chi connectivity index (χ3v) is 3.45. The van der Waals surface area contributed by atoms with Crippen molar-refractivity contribution in [3.8, 4) is 0 Å². The Morgan fingerprint density at radius 2 is 2.38 bits per heavy atom. The summed E-state index contributed by atoms with van der Waals surface area (Å²) in [6, 6.07) is 6.07. The monoisotopic (exact) mass is 282 g/mol. The summed E-state index contributed by atoms with van der Waals surface area (Å²) in [5, 5.41) is 6.26. The first-order valence-corrected chi connectivity index (χ1v) is 6.24. The van der Waals surface area contributed by atoms with E-state index in [9.17, 15) is 4.79 Å². The van der Waals surface area contributed by atoms with Crippen LogP contribution < -0.4 is 10.6 Å². The minimum absolute atomic E-state index is 0.00396. The van der Waals surface area contributed by atoms with E-state index in [1.165, 1.54) is 0 Å². The minimum atomic E-state index is 0.00396. The number of halogens is 1. The zero-order valence-corrected chi connectivity index (χ0v) is 10.8. The molecule has 1 fully saturated rings. The van der Waals surface area contributed by atoms with Gasteiger partial charge in [-0.25, -0.2) is 0 Å². The van der Waals surface area contributed by atoms with E-state index in [0.717, 1.165) is 29.5 Å². The van der Waals surface area contributed by atoms with E-state index in [1.807, 2.05) is 25.1 Å². The van der Waals surface area contributed by atoms with Crippen LogP contribution in [0.3, 0.4) is 0 Å². The predicted molar refractivity (Wildman–Crippen MR) is 67.6 cm³/mol. The molecule has 3 nitrogen and oxygen atoms in total. The molecule has 1 aliphatic rings. The molecule has 0 saturated carbocycles. The lowest BCUT2D eigenvalue weighted by atomic mass is 10.1. The SMILES string of the molecule is Cc1ccc(Br)c(C(=O)N[C@H]2CCNC2)c1. The van der Waals surface area contributed by atoms with Crippen molar-refractivity contribution in [3.63, 3.8) is 0 Å². The van der Waals surface area contributed by atoms with Gasteiger partial charge in [-0.1, -0.05) is 11.6 Å². The van der Waals surface area contributed by atoms with Crippen molar-refractivity contribution < 1.29 is 4.79 Å². The second kappa shape index (κ2) is 4.97. The predicted octanol–water partition coefficient (Wildman–Crippen LogP) is 1.85. The molecule has 0 radical (unpaired) electrons. The third-order valence-electron chi connectivity index (χ3n) is 2.76. The summed E-state index contributed by atoms with van der Waals surface area (Å²) in [4.78, 5) is 12.0. The van der Waals surface area contributed by atoms with Crippen LogP contribution in [0.2, 0.25) is 0 Å². The molecule has 1 atom stereocenters. The fourth-order valence-electron chi connectivity index (χ4n) is 1.85. The Morgan fingerprint density at radius 3 is 3.06 bits per heavy atom. The molecule has 0 unspecified atom stereocenters. The molecule has 0 spiro atoms. The van der Waals surface area contributed by atoms with Crippen LogP contribution in [0, 0.1) is 6.92 Å². The summed E-state index contributed by atoms with van der Waals surface area (Å²) >= 11 is 3.40. The average molecular weight is 283 g/mol. The van der Waals surface area contributed by atoms with Crippen LogP contribution in [0.15, 0.2) is 22.7 Å². The maximum atomic E-state index is 12.0. The smallest absolute Gasteiger partial charge is 0.252 e. The van der Waals surface area contributed by atoms with E-state index in [0.29, 0.717) is 5.56 Å². The Morgan fingerprint density at radius 1 is 1.56 bits per heavy atom. The zero-order chi connectivity index (χ0) is 11.5. The van der Waals surface area contributed by atoms with Crippen LogP contribution in [0.1, 0.15) is 22.3 Å². The summed E-state index contributed by atoms with van der Waals surface area (Å²) in [5.74, 6) is 0.00396. The normalized spacial score (nSPS) is 19.8. The number of benzene rings is 1.